The van der Waals surface area contributed by atoms with Crippen molar-refractivity contribution in [2.75, 3.05) is 12.0 Å². The van der Waals surface area contributed by atoms with E-state index in [4.69, 9.17) is 5.73 Å². The van der Waals surface area contributed by atoms with Gasteiger partial charge in [0.2, 0.25) is 17.7 Å². The number of aliphatic carboxylic acids is 1. The Bertz CT molecular complexity index is 1590. The summed E-state index contributed by atoms with van der Waals surface area (Å²) in [5.41, 5.74) is 8.91. The van der Waals surface area contributed by atoms with Crippen molar-refractivity contribution < 1.29 is 29.4 Å². The Labute approximate surface area is 263 Å². The lowest BCUT2D eigenvalue weighted by atomic mass is 10.0. The number of nitrogens with one attached hydrogen (secondary N) is 5. The minimum absolute atomic E-state index is 0.000188. The van der Waals surface area contributed by atoms with Gasteiger partial charge in [-0.2, -0.15) is 11.8 Å². The van der Waals surface area contributed by atoms with Crippen LogP contribution in [0.1, 0.15) is 23.2 Å². The fourth-order valence-corrected chi connectivity index (χ4v) is 5.32. The molecule has 9 N–H and O–H groups in total. The molecule has 0 aliphatic heterocycles. The summed E-state index contributed by atoms with van der Waals surface area (Å²) in [7, 11) is 0. The fraction of sp³-hybridized carbons (Fsp3) is 0.323. The predicted octanol–water partition coefficient (Wildman–Crippen LogP) is 1.24. The molecule has 0 aliphatic carbocycles. The van der Waals surface area contributed by atoms with E-state index < -0.39 is 47.9 Å². The zero-order chi connectivity index (χ0) is 32.3. The molecule has 0 radical (unpaired) electrons. The number of carbonyl (C=O) groups excluding carboxylic acids is 3. The lowest BCUT2D eigenvalue weighted by Crippen LogP contribution is -2.58. The normalized spacial score (nSPS) is 13.8. The SMILES string of the molecule is CSCCC(NC(=O)C(N)Cc1cnc[nH]1)C(=O)NC(Cc1ccc(O)cc1)C(=O)NC(Cc1c[nH]c2ccccc12)C(=O)O. The molecule has 0 fully saturated rings. The zero-order valence-electron chi connectivity index (χ0n) is 24.7. The molecule has 14 heteroatoms. The number of nitrogens with zero attached hydrogens (tertiary/aromatic N) is 1. The van der Waals surface area contributed by atoms with Gasteiger partial charge >= 0.3 is 5.97 Å². The van der Waals surface area contributed by atoms with Crippen LogP contribution in [0, 0.1) is 0 Å². The summed E-state index contributed by atoms with van der Waals surface area (Å²) in [6.07, 6.45) is 7.05. The first kappa shape index (κ1) is 33.1. The number of carboxylic acid groups (broad SMARTS) is 1. The lowest BCUT2D eigenvalue weighted by molar-refractivity contribution is -0.142. The smallest absolute Gasteiger partial charge is 0.326 e. The maximum Gasteiger partial charge on any atom is 0.326 e. The number of carbonyl (C=O) groups is 4. The Morgan fingerprint density at radius 1 is 0.889 bits per heavy atom. The summed E-state index contributed by atoms with van der Waals surface area (Å²) < 4.78 is 0. The van der Waals surface area contributed by atoms with Gasteiger partial charge in [0.25, 0.3) is 0 Å². The van der Waals surface area contributed by atoms with E-state index >= 15 is 0 Å². The van der Waals surface area contributed by atoms with E-state index in [0.717, 1.165) is 10.9 Å². The van der Waals surface area contributed by atoms with Crippen molar-refractivity contribution in [3.05, 3.63) is 84.1 Å². The number of H-pyrrole nitrogens is 2. The molecule has 4 unspecified atom stereocenters. The second kappa shape index (κ2) is 15.8. The number of aromatic nitrogens is 3. The van der Waals surface area contributed by atoms with E-state index in [-0.39, 0.29) is 31.4 Å². The van der Waals surface area contributed by atoms with E-state index in [9.17, 15) is 29.4 Å². The Morgan fingerprint density at radius 2 is 1.58 bits per heavy atom. The van der Waals surface area contributed by atoms with Crippen LogP contribution in [-0.2, 0) is 38.4 Å². The van der Waals surface area contributed by atoms with Crippen LogP contribution in [0.25, 0.3) is 10.9 Å². The monoisotopic (exact) mass is 635 g/mol. The number of aromatic hydroxyl groups is 1. The quantitative estimate of drug-likeness (QED) is 0.0888. The number of carboxylic acids is 1. The minimum atomic E-state index is -1.29. The molecule has 2 aromatic heterocycles. The number of amides is 3. The number of imidazole rings is 1. The van der Waals surface area contributed by atoms with Crippen molar-refractivity contribution in [2.24, 2.45) is 5.73 Å². The molecule has 4 rings (SSSR count). The highest BCUT2D eigenvalue weighted by Gasteiger charge is 2.31. The molecule has 2 aromatic carbocycles. The third-order valence-electron chi connectivity index (χ3n) is 7.30. The van der Waals surface area contributed by atoms with E-state index in [0.29, 0.717) is 22.6 Å². The van der Waals surface area contributed by atoms with Gasteiger partial charge in [0.15, 0.2) is 0 Å². The molecule has 3 amide bonds. The molecule has 4 aromatic rings. The molecular formula is C31H37N7O6S. The number of benzene rings is 2. The molecule has 0 saturated carbocycles. The van der Waals surface area contributed by atoms with Crippen LogP contribution in [-0.4, -0.2) is 85.0 Å². The van der Waals surface area contributed by atoms with Crippen LogP contribution in [0.15, 0.2) is 67.3 Å². The maximum atomic E-state index is 13.6. The number of nitrogens with two attached hydrogens (primary N) is 1. The van der Waals surface area contributed by atoms with Crippen LogP contribution < -0.4 is 21.7 Å². The number of fused-ring (bicyclic) bond motifs is 1. The Morgan fingerprint density at radius 3 is 2.27 bits per heavy atom. The standard InChI is InChI=1S/C31H37N7O6S/c1-45-11-10-25(36-28(40)23(32)14-20-16-33-17-35-20)29(41)37-26(12-18-6-8-21(39)9-7-18)30(42)38-27(31(43)44)13-19-15-34-24-5-3-2-4-22(19)24/h2-9,15-17,23,25-27,34,39H,10-14,32H2,1H3,(H,33,35)(H,36,40)(H,37,41)(H,38,42)(H,43,44). The van der Waals surface area contributed by atoms with Gasteiger partial charge in [0.1, 0.15) is 23.9 Å². The molecule has 45 heavy (non-hydrogen) atoms. The van der Waals surface area contributed by atoms with Crippen LogP contribution in [0.4, 0.5) is 0 Å². The first-order valence-corrected chi connectivity index (χ1v) is 15.7. The van der Waals surface area contributed by atoms with Gasteiger partial charge in [-0.15, -0.1) is 0 Å². The molecule has 0 saturated heterocycles. The number of thioether (sulfide) groups is 1. The lowest BCUT2D eigenvalue weighted by Gasteiger charge is -2.25. The topological polar surface area (TPSA) is 215 Å². The summed E-state index contributed by atoms with van der Waals surface area (Å²) in [6.45, 7) is 0. The molecule has 0 bridgehead atoms. The average Bonchev–Trinajstić information content (AvgIpc) is 3.69. The second-order valence-electron chi connectivity index (χ2n) is 10.6. The van der Waals surface area contributed by atoms with Crippen molar-refractivity contribution in [1.82, 2.24) is 30.9 Å². The number of rotatable bonds is 16. The van der Waals surface area contributed by atoms with E-state index in [1.165, 1.54) is 30.2 Å². The van der Waals surface area contributed by atoms with E-state index in [1.807, 2.05) is 30.5 Å². The van der Waals surface area contributed by atoms with E-state index in [2.05, 4.69) is 30.9 Å². The van der Waals surface area contributed by atoms with Gasteiger partial charge < -0.3 is 41.9 Å². The number of para-hydroxylation sites is 1. The third-order valence-corrected chi connectivity index (χ3v) is 7.94. The Kier molecular flexibility index (Phi) is 11.6. The van der Waals surface area contributed by atoms with Crippen LogP contribution in [0.2, 0.25) is 0 Å². The second-order valence-corrected chi connectivity index (χ2v) is 11.6. The summed E-state index contributed by atoms with van der Waals surface area (Å²) in [5.74, 6) is -2.55. The average molecular weight is 636 g/mol. The maximum absolute atomic E-state index is 13.6. The summed E-state index contributed by atoms with van der Waals surface area (Å²) in [4.78, 5) is 62.3. The van der Waals surface area contributed by atoms with Crippen LogP contribution in [0.5, 0.6) is 5.75 Å². The number of phenolic OH excluding ortho intramolecular Hbond substituents is 1. The summed E-state index contributed by atoms with van der Waals surface area (Å²) in [6, 6.07) is 9.09. The van der Waals surface area contributed by atoms with E-state index in [1.54, 1.807) is 24.5 Å². The summed E-state index contributed by atoms with van der Waals surface area (Å²) in [5, 5.41) is 28.6. The number of hydrogen-bond acceptors (Lipinski definition) is 8. The molecule has 0 aliphatic rings. The molecule has 4 atom stereocenters. The van der Waals surface area contributed by atoms with Gasteiger partial charge in [0, 0.05) is 48.3 Å². The number of hydrogen-bond donors (Lipinski definition) is 8. The number of aromatic amines is 2. The van der Waals surface area contributed by atoms with Gasteiger partial charge in [-0.05, 0) is 47.8 Å². The highest BCUT2D eigenvalue weighted by Crippen LogP contribution is 2.19. The first-order valence-electron chi connectivity index (χ1n) is 14.3. The van der Waals surface area contributed by atoms with Crippen molar-refractivity contribution in [1.29, 1.82) is 0 Å². The zero-order valence-corrected chi connectivity index (χ0v) is 25.5. The van der Waals surface area contributed by atoms with Gasteiger partial charge in [-0.1, -0.05) is 30.3 Å². The Balaban J connectivity index is 1.51. The molecule has 13 nitrogen and oxygen atoms in total. The van der Waals surface area contributed by atoms with Gasteiger partial charge in [-0.3, -0.25) is 14.4 Å². The molecule has 238 valence electrons. The van der Waals surface area contributed by atoms with Crippen molar-refractivity contribution >= 4 is 46.4 Å². The highest BCUT2D eigenvalue weighted by atomic mass is 32.2. The largest absolute Gasteiger partial charge is 0.508 e. The number of phenols is 1. The molecule has 2 heterocycles. The first-order chi connectivity index (χ1) is 21.6. The van der Waals surface area contributed by atoms with Gasteiger partial charge in [-0.25, -0.2) is 9.78 Å². The molecule has 0 spiro atoms. The van der Waals surface area contributed by atoms with Crippen molar-refractivity contribution in [2.45, 2.75) is 49.9 Å². The third kappa shape index (κ3) is 9.33. The van der Waals surface area contributed by atoms with Crippen molar-refractivity contribution in [3.63, 3.8) is 0 Å². The van der Waals surface area contributed by atoms with Gasteiger partial charge in [0.05, 0.1) is 12.4 Å². The Hall–Kier alpha value is -4.82. The van der Waals surface area contributed by atoms with Crippen LogP contribution in [0.3, 0.4) is 0 Å². The predicted molar refractivity (Wildman–Crippen MR) is 171 cm³/mol. The van der Waals surface area contributed by atoms with Crippen molar-refractivity contribution in [3.8, 4) is 5.75 Å². The minimum Gasteiger partial charge on any atom is -0.508 e. The highest BCUT2D eigenvalue weighted by molar-refractivity contribution is 7.98. The fourth-order valence-electron chi connectivity index (χ4n) is 4.85. The van der Waals surface area contributed by atoms with Crippen LogP contribution >= 0.6 is 11.8 Å². The summed E-state index contributed by atoms with van der Waals surface area (Å²) >= 11 is 1.48. The molecular weight excluding hydrogens is 598 g/mol.